The lowest BCUT2D eigenvalue weighted by atomic mass is 10.3. The van der Waals surface area contributed by atoms with Crippen molar-refractivity contribution in [2.24, 2.45) is 14.1 Å². The Morgan fingerprint density at radius 1 is 1.33 bits per heavy atom. The van der Waals surface area contributed by atoms with Gasteiger partial charge in [0.25, 0.3) is 11.5 Å². The minimum Gasteiger partial charge on any atom is -0.440 e. The summed E-state index contributed by atoms with van der Waals surface area (Å²) in [5.74, 6) is -0.318. The summed E-state index contributed by atoms with van der Waals surface area (Å²) in [5, 5.41) is 0.116. The Hall–Kier alpha value is -2.28. The molecule has 0 unspecified atom stereocenters. The molecule has 0 radical (unpaired) electrons. The van der Waals surface area contributed by atoms with E-state index >= 15 is 0 Å². The van der Waals surface area contributed by atoms with Gasteiger partial charge in [0.15, 0.2) is 11.0 Å². The molecule has 0 saturated heterocycles. The fourth-order valence-electron chi connectivity index (χ4n) is 1.94. The van der Waals surface area contributed by atoms with Crippen LogP contribution in [0.15, 0.2) is 32.3 Å². The molecule has 2 aromatic heterocycles. The molecule has 21 heavy (non-hydrogen) atoms. The van der Waals surface area contributed by atoms with Crippen LogP contribution in [-0.4, -0.2) is 27.0 Å². The van der Waals surface area contributed by atoms with Crippen LogP contribution in [-0.2, 0) is 20.6 Å². The number of aryl methyl sites for hydroxylation is 1. The van der Waals surface area contributed by atoms with Gasteiger partial charge in [-0.3, -0.25) is 14.2 Å². The highest BCUT2D eigenvalue weighted by Crippen LogP contribution is 2.15. The Bertz CT molecular complexity index is 802. The fraction of sp³-hybridized carbons (Fsp3) is 0.308. The first-order valence-corrected chi connectivity index (χ1v) is 6.45. The number of carbonyl (C=O) groups is 1. The highest BCUT2D eigenvalue weighted by Gasteiger charge is 2.18. The van der Waals surface area contributed by atoms with Gasteiger partial charge in [0, 0.05) is 27.3 Å². The van der Waals surface area contributed by atoms with E-state index in [-0.39, 0.29) is 17.5 Å². The third-order valence-electron chi connectivity index (χ3n) is 3.06. The Kier molecular flexibility index (Phi) is 4.04. The maximum absolute atomic E-state index is 12.1. The van der Waals surface area contributed by atoms with Gasteiger partial charge in [0.2, 0.25) is 0 Å². The minimum absolute atomic E-state index is 0.0535. The van der Waals surface area contributed by atoms with Gasteiger partial charge >= 0.3 is 5.69 Å². The van der Waals surface area contributed by atoms with Crippen LogP contribution >= 0.6 is 11.6 Å². The van der Waals surface area contributed by atoms with Crippen molar-refractivity contribution in [1.29, 1.82) is 0 Å². The van der Waals surface area contributed by atoms with Crippen molar-refractivity contribution < 1.29 is 9.21 Å². The van der Waals surface area contributed by atoms with Crippen LogP contribution in [0.5, 0.6) is 0 Å². The number of hydrogen-bond acceptors (Lipinski definition) is 4. The number of rotatable bonds is 3. The van der Waals surface area contributed by atoms with Crippen molar-refractivity contribution in [3.63, 3.8) is 0 Å². The maximum Gasteiger partial charge on any atom is 0.330 e. The first kappa shape index (κ1) is 15.1. The number of aromatic nitrogens is 2. The van der Waals surface area contributed by atoms with E-state index < -0.39 is 17.2 Å². The number of hydrogen-bond donors (Lipinski definition) is 0. The molecule has 1 amide bonds. The van der Waals surface area contributed by atoms with Crippen molar-refractivity contribution in [3.05, 3.63) is 55.7 Å². The van der Waals surface area contributed by atoms with E-state index in [1.165, 1.54) is 41.9 Å². The summed E-state index contributed by atoms with van der Waals surface area (Å²) >= 11 is 5.62. The largest absolute Gasteiger partial charge is 0.440 e. The molecule has 2 aromatic rings. The average Bonchev–Trinajstić information content (AvgIpc) is 2.88. The minimum atomic E-state index is -0.435. The molecule has 7 nitrogen and oxygen atoms in total. The predicted molar refractivity (Wildman–Crippen MR) is 76.4 cm³/mol. The van der Waals surface area contributed by atoms with Crippen LogP contribution in [0.25, 0.3) is 0 Å². The summed E-state index contributed by atoms with van der Waals surface area (Å²) in [5.41, 5.74) is -0.529. The van der Waals surface area contributed by atoms with Crippen molar-refractivity contribution >= 4 is 17.5 Å². The summed E-state index contributed by atoms with van der Waals surface area (Å²) < 4.78 is 7.32. The lowest BCUT2D eigenvalue weighted by Gasteiger charge is -2.16. The molecular formula is C13H14ClN3O4. The quantitative estimate of drug-likeness (QED) is 0.832. The van der Waals surface area contributed by atoms with Crippen molar-refractivity contribution in [2.75, 3.05) is 7.05 Å². The molecule has 0 N–H and O–H groups in total. The van der Waals surface area contributed by atoms with Gasteiger partial charge < -0.3 is 13.9 Å². The zero-order valence-corrected chi connectivity index (χ0v) is 12.5. The lowest BCUT2D eigenvalue weighted by molar-refractivity contribution is 0.0752. The number of halogens is 1. The van der Waals surface area contributed by atoms with E-state index in [4.69, 9.17) is 16.0 Å². The van der Waals surface area contributed by atoms with Gasteiger partial charge in [-0.1, -0.05) is 0 Å². The van der Waals surface area contributed by atoms with Gasteiger partial charge in [0.1, 0.15) is 0 Å². The first-order chi connectivity index (χ1) is 9.81. The van der Waals surface area contributed by atoms with E-state index in [9.17, 15) is 14.4 Å². The van der Waals surface area contributed by atoms with Crippen LogP contribution < -0.4 is 11.2 Å². The van der Waals surface area contributed by atoms with E-state index in [1.807, 2.05) is 0 Å². The zero-order valence-electron chi connectivity index (χ0n) is 11.8. The predicted octanol–water partition coefficient (Wildman–Crippen LogP) is 0.603. The molecule has 0 aliphatic heterocycles. The molecular weight excluding hydrogens is 298 g/mol. The Balaban J connectivity index is 2.28. The first-order valence-electron chi connectivity index (χ1n) is 6.07. The second-order valence-corrected chi connectivity index (χ2v) is 5.05. The van der Waals surface area contributed by atoms with Crippen LogP contribution in [0.2, 0.25) is 5.22 Å². The molecule has 112 valence electrons. The molecule has 0 bridgehead atoms. The normalized spacial score (nSPS) is 10.7. The Labute approximate surface area is 125 Å². The summed E-state index contributed by atoms with van der Waals surface area (Å²) in [6, 6.07) is 2.92. The topological polar surface area (TPSA) is 77.5 Å². The van der Waals surface area contributed by atoms with Gasteiger partial charge in [-0.15, -0.1) is 0 Å². The standard InChI is InChI=1S/C13H14ClN3O4/c1-15(12(19)9-4-5-10(14)21-9)6-8-7-16(2)13(20)17(3)11(8)18/h4-5,7H,6H2,1-3H3. The highest BCUT2D eigenvalue weighted by molar-refractivity contribution is 6.29. The van der Waals surface area contributed by atoms with E-state index in [0.717, 1.165) is 4.57 Å². The van der Waals surface area contributed by atoms with E-state index in [1.54, 1.807) is 7.05 Å². The fourth-order valence-corrected chi connectivity index (χ4v) is 2.08. The average molecular weight is 312 g/mol. The molecule has 0 aliphatic carbocycles. The van der Waals surface area contributed by atoms with Gasteiger partial charge in [-0.2, -0.15) is 0 Å². The van der Waals surface area contributed by atoms with Crippen molar-refractivity contribution in [2.45, 2.75) is 6.54 Å². The number of furan rings is 1. The van der Waals surface area contributed by atoms with Gasteiger partial charge in [-0.05, 0) is 23.7 Å². The molecule has 0 aliphatic rings. The molecule has 8 heteroatoms. The van der Waals surface area contributed by atoms with Crippen LogP contribution in [0, 0.1) is 0 Å². The van der Waals surface area contributed by atoms with Crippen LogP contribution in [0.3, 0.4) is 0 Å². The van der Waals surface area contributed by atoms with E-state index in [0.29, 0.717) is 5.56 Å². The second kappa shape index (κ2) is 5.61. The van der Waals surface area contributed by atoms with Crippen LogP contribution in [0.1, 0.15) is 16.1 Å². The van der Waals surface area contributed by atoms with Gasteiger partial charge in [0.05, 0.1) is 12.1 Å². The Morgan fingerprint density at radius 3 is 2.57 bits per heavy atom. The lowest BCUT2D eigenvalue weighted by Crippen LogP contribution is -2.40. The molecule has 0 fully saturated rings. The second-order valence-electron chi connectivity index (χ2n) is 4.68. The molecule has 0 aromatic carbocycles. The maximum atomic E-state index is 12.1. The molecule has 2 rings (SSSR count). The van der Waals surface area contributed by atoms with Crippen molar-refractivity contribution in [3.8, 4) is 0 Å². The van der Waals surface area contributed by atoms with Crippen LogP contribution in [0.4, 0.5) is 0 Å². The summed E-state index contributed by atoms with van der Waals surface area (Å²) in [4.78, 5) is 37.0. The smallest absolute Gasteiger partial charge is 0.330 e. The third kappa shape index (κ3) is 2.92. The van der Waals surface area contributed by atoms with E-state index in [2.05, 4.69) is 0 Å². The molecule has 0 spiro atoms. The molecule has 0 atom stereocenters. The summed E-state index contributed by atoms with van der Waals surface area (Å²) in [7, 11) is 4.46. The SMILES string of the molecule is CN(Cc1cn(C)c(=O)n(C)c1=O)C(=O)c1ccc(Cl)o1. The summed E-state index contributed by atoms with van der Waals surface area (Å²) in [6.07, 6.45) is 1.42. The highest BCUT2D eigenvalue weighted by atomic mass is 35.5. The number of amides is 1. The number of carbonyl (C=O) groups excluding carboxylic acids is 1. The Morgan fingerprint density at radius 2 is 2.00 bits per heavy atom. The number of nitrogens with zero attached hydrogens (tertiary/aromatic N) is 3. The zero-order chi connectivity index (χ0) is 15.7. The monoisotopic (exact) mass is 311 g/mol. The van der Waals surface area contributed by atoms with Crippen molar-refractivity contribution in [1.82, 2.24) is 14.0 Å². The molecule has 0 saturated carbocycles. The van der Waals surface area contributed by atoms with Gasteiger partial charge in [-0.25, -0.2) is 4.79 Å². The third-order valence-corrected chi connectivity index (χ3v) is 3.26. The summed E-state index contributed by atoms with van der Waals surface area (Å²) in [6.45, 7) is 0.0535. The molecule has 2 heterocycles.